The topological polar surface area (TPSA) is 29.1 Å². The van der Waals surface area contributed by atoms with Gasteiger partial charge in [-0.3, -0.25) is 4.79 Å². The Morgan fingerprint density at radius 3 is 2.00 bits per heavy atom. The predicted octanol–water partition coefficient (Wildman–Crippen LogP) is 6.38. The molecule has 0 aromatic carbocycles. The van der Waals surface area contributed by atoms with Gasteiger partial charge in [0.15, 0.2) is 0 Å². The van der Waals surface area contributed by atoms with Gasteiger partial charge in [-0.2, -0.15) is 0 Å². The number of unbranched alkanes of at least 4 members (excludes halogenated alkanes) is 10. The van der Waals surface area contributed by atoms with Crippen molar-refractivity contribution in [3.05, 3.63) is 0 Å². The molecule has 2 heteroatoms. The largest absolute Gasteiger partial charge is 0.353 e. The summed E-state index contributed by atoms with van der Waals surface area (Å²) in [6.07, 6.45) is 20.5. The van der Waals surface area contributed by atoms with Gasteiger partial charge in [-0.1, -0.05) is 90.9 Å². The lowest BCUT2D eigenvalue weighted by atomic mass is 9.87. The van der Waals surface area contributed by atoms with E-state index in [1.165, 1.54) is 89.9 Å². The Hall–Kier alpha value is -0.530. The van der Waals surface area contributed by atoms with Crippen molar-refractivity contribution in [2.75, 3.05) is 0 Å². The maximum absolute atomic E-state index is 12.0. The van der Waals surface area contributed by atoms with Crippen LogP contribution in [0.25, 0.3) is 0 Å². The first-order chi connectivity index (χ1) is 11.2. The van der Waals surface area contributed by atoms with Gasteiger partial charge in [-0.25, -0.2) is 0 Å². The van der Waals surface area contributed by atoms with E-state index in [0.717, 1.165) is 18.8 Å². The number of hydrogen-bond acceptors (Lipinski definition) is 1. The van der Waals surface area contributed by atoms with Crippen molar-refractivity contribution >= 4 is 5.91 Å². The van der Waals surface area contributed by atoms with E-state index in [4.69, 9.17) is 0 Å². The fourth-order valence-electron chi connectivity index (χ4n) is 3.81. The molecule has 0 radical (unpaired) electrons. The van der Waals surface area contributed by atoms with Gasteiger partial charge in [-0.05, 0) is 25.2 Å². The maximum Gasteiger partial charge on any atom is 0.220 e. The number of carbonyl (C=O) groups is 1. The van der Waals surface area contributed by atoms with E-state index >= 15 is 0 Å². The van der Waals surface area contributed by atoms with E-state index in [0.29, 0.717) is 11.9 Å². The highest BCUT2D eigenvalue weighted by molar-refractivity contribution is 5.76. The zero-order valence-electron chi connectivity index (χ0n) is 15.9. The van der Waals surface area contributed by atoms with Gasteiger partial charge in [0.1, 0.15) is 0 Å². The lowest BCUT2D eigenvalue weighted by Gasteiger charge is -2.27. The second-order valence-electron chi connectivity index (χ2n) is 7.82. The summed E-state index contributed by atoms with van der Waals surface area (Å²) in [7, 11) is 0. The quantitative estimate of drug-likeness (QED) is 0.391. The molecular formula is C21H41NO. The van der Waals surface area contributed by atoms with Crippen LogP contribution >= 0.6 is 0 Å². The minimum absolute atomic E-state index is 0.292. The van der Waals surface area contributed by atoms with Gasteiger partial charge >= 0.3 is 0 Å². The summed E-state index contributed by atoms with van der Waals surface area (Å²) in [6.45, 7) is 4.58. The maximum atomic E-state index is 12.0. The molecule has 0 saturated heterocycles. The number of carbonyl (C=O) groups excluding carboxylic acids is 1. The number of hydrogen-bond donors (Lipinski definition) is 1. The molecule has 1 aliphatic rings. The first-order valence-electron chi connectivity index (χ1n) is 10.5. The van der Waals surface area contributed by atoms with Gasteiger partial charge < -0.3 is 5.32 Å². The molecule has 0 unspecified atom stereocenters. The summed E-state index contributed by atoms with van der Waals surface area (Å²) < 4.78 is 0. The molecule has 1 N–H and O–H groups in total. The van der Waals surface area contributed by atoms with Crippen LogP contribution in [-0.2, 0) is 4.79 Å². The van der Waals surface area contributed by atoms with E-state index in [1.54, 1.807) is 0 Å². The molecule has 2 atom stereocenters. The predicted molar refractivity (Wildman–Crippen MR) is 101 cm³/mol. The third-order valence-corrected chi connectivity index (χ3v) is 5.31. The van der Waals surface area contributed by atoms with Gasteiger partial charge in [0.25, 0.3) is 0 Å². The Morgan fingerprint density at radius 2 is 1.43 bits per heavy atom. The lowest BCUT2D eigenvalue weighted by Crippen LogP contribution is -2.37. The highest BCUT2D eigenvalue weighted by atomic mass is 16.1. The van der Waals surface area contributed by atoms with Crippen LogP contribution in [0.5, 0.6) is 0 Å². The highest BCUT2D eigenvalue weighted by Gasteiger charge is 2.19. The highest BCUT2D eigenvalue weighted by Crippen LogP contribution is 2.23. The van der Waals surface area contributed by atoms with Crippen LogP contribution in [0.15, 0.2) is 0 Å². The fourth-order valence-corrected chi connectivity index (χ4v) is 3.81. The van der Waals surface area contributed by atoms with Crippen molar-refractivity contribution in [3.8, 4) is 0 Å². The van der Waals surface area contributed by atoms with Crippen molar-refractivity contribution in [3.63, 3.8) is 0 Å². The van der Waals surface area contributed by atoms with Gasteiger partial charge in [-0.15, -0.1) is 0 Å². The van der Waals surface area contributed by atoms with Crippen LogP contribution in [-0.4, -0.2) is 11.9 Å². The number of amides is 1. The molecule has 0 aromatic heterocycles. The molecule has 1 saturated carbocycles. The molecule has 0 aromatic rings. The average molecular weight is 324 g/mol. The Bertz CT molecular complexity index is 290. The SMILES string of the molecule is CCCCCCCCCCCCCC(=O)N[C@@H]1CCC[C@@H](C)C1. The molecule has 1 aliphatic carbocycles. The molecule has 2 nitrogen and oxygen atoms in total. The summed E-state index contributed by atoms with van der Waals surface area (Å²) in [5.74, 6) is 1.08. The zero-order chi connectivity index (χ0) is 16.8. The van der Waals surface area contributed by atoms with Gasteiger partial charge in [0, 0.05) is 12.5 Å². The third kappa shape index (κ3) is 11.6. The Labute approximate surface area is 145 Å². The molecule has 136 valence electrons. The van der Waals surface area contributed by atoms with Gasteiger partial charge in [0.2, 0.25) is 5.91 Å². The van der Waals surface area contributed by atoms with E-state index in [1.807, 2.05) is 0 Å². The Balaban J connectivity index is 1.84. The molecular weight excluding hydrogens is 282 g/mol. The molecule has 1 amide bonds. The second-order valence-corrected chi connectivity index (χ2v) is 7.82. The van der Waals surface area contributed by atoms with Crippen LogP contribution in [0.3, 0.4) is 0 Å². The minimum Gasteiger partial charge on any atom is -0.353 e. The molecule has 0 bridgehead atoms. The van der Waals surface area contributed by atoms with Crippen molar-refractivity contribution in [1.82, 2.24) is 5.32 Å². The smallest absolute Gasteiger partial charge is 0.220 e. The van der Waals surface area contributed by atoms with Crippen LogP contribution in [0.1, 0.15) is 117 Å². The second kappa shape index (κ2) is 13.9. The van der Waals surface area contributed by atoms with E-state index in [-0.39, 0.29) is 0 Å². The Morgan fingerprint density at radius 1 is 0.870 bits per heavy atom. The summed E-state index contributed by atoms with van der Waals surface area (Å²) in [5, 5.41) is 3.25. The first kappa shape index (κ1) is 20.5. The van der Waals surface area contributed by atoms with Crippen LogP contribution < -0.4 is 5.32 Å². The van der Waals surface area contributed by atoms with Crippen LogP contribution in [0, 0.1) is 5.92 Å². The van der Waals surface area contributed by atoms with Crippen molar-refractivity contribution in [2.24, 2.45) is 5.92 Å². The van der Waals surface area contributed by atoms with Gasteiger partial charge in [0.05, 0.1) is 0 Å². The summed E-state index contributed by atoms with van der Waals surface area (Å²) >= 11 is 0. The lowest BCUT2D eigenvalue weighted by molar-refractivity contribution is -0.122. The third-order valence-electron chi connectivity index (χ3n) is 5.31. The number of rotatable bonds is 13. The van der Waals surface area contributed by atoms with E-state index in [9.17, 15) is 4.79 Å². The normalized spacial score (nSPS) is 21.3. The van der Waals surface area contributed by atoms with Crippen LogP contribution in [0.4, 0.5) is 0 Å². The Kier molecular flexibility index (Phi) is 12.4. The molecule has 1 fully saturated rings. The summed E-state index contributed by atoms with van der Waals surface area (Å²) in [6, 6.07) is 0.457. The summed E-state index contributed by atoms with van der Waals surface area (Å²) in [4.78, 5) is 12.0. The van der Waals surface area contributed by atoms with Crippen LogP contribution in [0.2, 0.25) is 0 Å². The van der Waals surface area contributed by atoms with E-state index < -0.39 is 0 Å². The fraction of sp³-hybridized carbons (Fsp3) is 0.952. The molecule has 0 spiro atoms. The monoisotopic (exact) mass is 323 g/mol. The standard InChI is InChI=1S/C21H41NO/c1-3-4-5-6-7-8-9-10-11-12-13-17-21(23)22-20-16-14-15-19(2)18-20/h19-20H,3-18H2,1-2H3,(H,22,23)/t19-,20-/m1/s1. The molecule has 1 rings (SSSR count). The number of nitrogens with one attached hydrogen (secondary N) is 1. The zero-order valence-corrected chi connectivity index (χ0v) is 15.9. The van der Waals surface area contributed by atoms with E-state index in [2.05, 4.69) is 19.2 Å². The average Bonchev–Trinajstić information content (AvgIpc) is 2.52. The summed E-state index contributed by atoms with van der Waals surface area (Å²) in [5.41, 5.74) is 0. The first-order valence-corrected chi connectivity index (χ1v) is 10.5. The minimum atomic E-state index is 0.292. The molecule has 0 heterocycles. The van der Waals surface area contributed by atoms with Crippen molar-refractivity contribution in [1.29, 1.82) is 0 Å². The molecule has 0 aliphatic heterocycles. The van der Waals surface area contributed by atoms with Crippen molar-refractivity contribution < 1.29 is 4.79 Å². The molecule has 23 heavy (non-hydrogen) atoms. The van der Waals surface area contributed by atoms with Crippen molar-refractivity contribution in [2.45, 2.75) is 123 Å².